The second-order valence-electron chi connectivity index (χ2n) is 4.05. The van der Waals surface area contributed by atoms with E-state index in [1.807, 2.05) is 0 Å². The SMILES string of the molecule is O=CC1=CCC[C@@H]2CCCC[C@@H]12. The molecule has 1 nitrogen and oxygen atoms in total. The van der Waals surface area contributed by atoms with Crippen LogP contribution < -0.4 is 0 Å². The van der Waals surface area contributed by atoms with Crippen molar-refractivity contribution < 1.29 is 4.79 Å². The lowest BCUT2D eigenvalue weighted by Crippen LogP contribution is -2.24. The molecule has 1 fully saturated rings. The van der Waals surface area contributed by atoms with Gasteiger partial charge in [-0.05, 0) is 43.1 Å². The maximum Gasteiger partial charge on any atom is 0.145 e. The zero-order valence-corrected chi connectivity index (χ0v) is 7.46. The Balaban J connectivity index is 2.14. The van der Waals surface area contributed by atoms with Gasteiger partial charge in [0.15, 0.2) is 0 Å². The molecular weight excluding hydrogens is 148 g/mol. The Kier molecular flexibility index (Phi) is 2.29. The Morgan fingerprint density at radius 1 is 1.25 bits per heavy atom. The topological polar surface area (TPSA) is 17.1 Å². The van der Waals surface area contributed by atoms with E-state index in [-0.39, 0.29) is 0 Å². The lowest BCUT2D eigenvalue weighted by molar-refractivity contribution is -0.105. The molecule has 2 atom stereocenters. The summed E-state index contributed by atoms with van der Waals surface area (Å²) >= 11 is 0. The van der Waals surface area contributed by atoms with E-state index < -0.39 is 0 Å². The average Bonchev–Trinajstić information content (AvgIpc) is 2.17. The van der Waals surface area contributed by atoms with Crippen LogP contribution in [0.5, 0.6) is 0 Å². The van der Waals surface area contributed by atoms with Crippen molar-refractivity contribution in [3.8, 4) is 0 Å². The van der Waals surface area contributed by atoms with E-state index >= 15 is 0 Å². The summed E-state index contributed by atoms with van der Waals surface area (Å²) in [7, 11) is 0. The molecule has 0 aromatic carbocycles. The molecule has 66 valence electrons. The highest BCUT2D eigenvalue weighted by Crippen LogP contribution is 2.40. The molecule has 1 heteroatoms. The van der Waals surface area contributed by atoms with Crippen molar-refractivity contribution in [3.63, 3.8) is 0 Å². The molecule has 0 aliphatic heterocycles. The smallest absolute Gasteiger partial charge is 0.145 e. The lowest BCUT2D eigenvalue weighted by Gasteiger charge is -2.34. The molecule has 0 bridgehead atoms. The Labute approximate surface area is 73.8 Å². The minimum Gasteiger partial charge on any atom is -0.298 e. The van der Waals surface area contributed by atoms with E-state index in [1.54, 1.807) is 0 Å². The second-order valence-corrected chi connectivity index (χ2v) is 4.05. The van der Waals surface area contributed by atoms with Crippen LogP contribution in [-0.4, -0.2) is 6.29 Å². The number of fused-ring (bicyclic) bond motifs is 1. The van der Waals surface area contributed by atoms with Gasteiger partial charge in [-0.2, -0.15) is 0 Å². The van der Waals surface area contributed by atoms with Gasteiger partial charge in [-0.3, -0.25) is 4.79 Å². The number of hydrogen-bond acceptors (Lipinski definition) is 1. The maximum absolute atomic E-state index is 10.7. The van der Waals surface area contributed by atoms with E-state index in [0.29, 0.717) is 5.92 Å². The van der Waals surface area contributed by atoms with E-state index in [2.05, 4.69) is 6.08 Å². The van der Waals surface area contributed by atoms with Gasteiger partial charge in [-0.25, -0.2) is 0 Å². The standard InChI is InChI=1S/C11H16O/c12-8-10-6-3-5-9-4-1-2-7-11(9)10/h6,8-9,11H,1-5,7H2/t9-,11+/m0/s1. The van der Waals surface area contributed by atoms with Gasteiger partial charge >= 0.3 is 0 Å². The van der Waals surface area contributed by atoms with Crippen LogP contribution in [0.25, 0.3) is 0 Å². The van der Waals surface area contributed by atoms with Crippen LogP contribution in [0.3, 0.4) is 0 Å². The molecule has 0 spiro atoms. The highest BCUT2D eigenvalue weighted by molar-refractivity contribution is 5.74. The van der Waals surface area contributed by atoms with Gasteiger partial charge in [0.25, 0.3) is 0 Å². The maximum atomic E-state index is 10.7. The van der Waals surface area contributed by atoms with Crippen molar-refractivity contribution in [1.82, 2.24) is 0 Å². The number of carbonyl (C=O) groups excluding carboxylic acids is 1. The minimum atomic E-state index is 0.630. The van der Waals surface area contributed by atoms with Crippen molar-refractivity contribution in [2.24, 2.45) is 11.8 Å². The van der Waals surface area contributed by atoms with Crippen LogP contribution in [0.2, 0.25) is 0 Å². The highest BCUT2D eigenvalue weighted by Gasteiger charge is 2.29. The molecule has 1 saturated carbocycles. The van der Waals surface area contributed by atoms with Gasteiger partial charge < -0.3 is 0 Å². The summed E-state index contributed by atoms with van der Waals surface area (Å²) in [6, 6.07) is 0. The van der Waals surface area contributed by atoms with Crippen molar-refractivity contribution in [2.45, 2.75) is 38.5 Å². The van der Waals surface area contributed by atoms with E-state index in [9.17, 15) is 4.79 Å². The first-order valence-electron chi connectivity index (χ1n) is 5.07. The summed E-state index contributed by atoms with van der Waals surface area (Å²) in [6.45, 7) is 0. The molecule has 0 saturated heterocycles. The molecule has 12 heavy (non-hydrogen) atoms. The van der Waals surface area contributed by atoms with Gasteiger partial charge in [-0.1, -0.05) is 18.9 Å². The first-order chi connectivity index (χ1) is 5.92. The van der Waals surface area contributed by atoms with E-state index in [4.69, 9.17) is 0 Å². The molecular formula is C11H16O. The molecule has 2 rings (SSSR count). The first-order valence-corrected chi connectivity index (χ1v) is 5.07. The molecule has 0 heterocycles. The zero-order valence-electron chi connectivity index (χ0n) is 7.46. The van der Waals surface area contributed by atoms with E-state index in [1.165, 1.54) is 32.1 Å². The van der Waals surface area contributed by atoms with Crippen LogP contribution >= 0.6 is 0 Å². The van der Waals surface area contributed by atoms with E-state index in [0.717, 1.165) is 24.2 Å². The monoisotopic (exact) mass is 164 g/mol. The third kappa shape index (κ3) is 1.33. The normalized spacial score (nSPS) is 35.2. The Morgan fingerprint density at radius 3 is 2.92 bits per heavy atom. The number of hydrogen-bond donors (Lipinski definition) is 0. The van der Waals surface area contributed by atoms with Crippen molar-refractivity contribution in [3.05, 3.63) is 11.6 Å². The summed E-state index contributed by atoms with van der Waals surface area (Å²) < 4.78 is 0. The van der Waals surface area contributed by atoms with Crippen molar-refractivity contribution in [1.29, 1.82) is 0 Å². The average molecular weight is 164 g/mol. The van der Waals surface area contributed by atoms with Crippen molar-refractivity contribution in [2.75, 3.05) is 0 Å². The summed E-state index contributed by atoms with van der Waals surface area (Å²) in [5.41, 5.74) is 1.10. The summed E-state index contributed by atoms with van der Waals surface area (Å²) in [4.78, 5) is 10.7. The summed E-state index contributed by atoms with van der Waals surface area (Å²) in [5, 5.41) is 0. The third-order valence-electron chi connectivity index (χ3n) is 3.39. The van der Waals surface area contributed by atoms with Crippen LogP contribution in [0.15, 0.2) is 11.6 Å². The predicted molar refractivity (Wildman–Crippen MR) is 48.8 cm³/mol. The lowest BCUT2D eigenvalue weighted by atomic mass is 9.70. The summed E-state index contributed by atoms with van der Waals surface area (Å²) in [5.74, 6) is 1.47. The summed E-state index contributed by atoms with van der Waals surface area (Å²) in [6.07, 6.45) is 11.0. The van der Waals surface area contributed by atoms with Gasteiger partial charge in [-0.15, -0.1) is 0 Å². The number of allylic oxidation sites excluding steroid dienone is 2. The fourth-order valence-electron chi connectivity index (χ4n) is 2.74. The van der Waals surface area contributed by atoms with Gasteiger partial charge in [0.2, 0.25) is 0 Å². The number of rotatable bonds is 1. The molecule has 0 radical (unpaired) electrons. The second kappa shape index (κ2) is 3.42. The number of aldehydes is 1. The zero-order chi connectivity index (χ0) is 8.39. The molecule has 0 N–H and O–H groups in total. The van der Waals surface area contributed by atoms with Crippen LogP contribution in [0.4, 0.5) is 0 Å². The van der Waals surface area contributed by atoms with Crippen LogP contribution in [0.1, 0.15) is 38.5 Å². The molecule has 2 aliphatic carbocycles. The largest absolute Gasteiger partial charge is 0.298 e. The fourth-order valence-corrected chi connectivity index (χ4v) is 2.74. The van der Waals surface area contributed by atoms with Gasteiger partial charge in [0.05, 0.1) is 0 Å². The van der Waals surface area contributed by atoms with Gasteiger partial charge in [0, 0.05) is 0 Å². The van der Waals surface area contributed by atoms with Crippen LogP contribution in [-0.2, 0) is 4.79 Å². The Morgan fingerprint density at radius 2 is 2.08 bits per heavy atom. The predicted octanol–water partition coefficient (Wildman–Crippen LogP) is 2.71. The molecule has 0 unspecified atom stereocenters. The van der Waals surface area contributed by atoms with Gasteiger partial charge in [0.1, 0.15) is 6.29 Å². The highest BCUT2D eigenvalue weighted by atomic mass is 16.1. The Bertz CT molecular complexity index is 205. The third-order valence-corrected chi connectivity index (χ3v) is 3.39. The Hall–Kier alpha value is -0.590. The molecule has 0 aromatic rings. The number of carbonyl (C=O) groups is 1. The molecule has 2 aliphatic rings. The first kappa shape index (κ1) is 8.03. The fraction of sp³-hybridized carbons (Fsp3) is 0.727. The van der Waals surface area contributed by atoms with Crippen molar-refractivity contribution >= 4 is 6.29 Å². The molecule has 0 amide bonds. The molecule has 0 aromatic heterocycles. The van der Waals surface area contributed by atoms with Crippen LogP contribution in [0, 0.1) is 11.8 Å². The quantitative estimate of drug-likeness (QED) is 0.544. The minimum absolute atomic E-state index is 0.630.